The first-order chi connectivity index (χ1) is 7.28. The van der Waals surface area contributed by atoms with Crippen LogP contribution in [0, 0.1) is 0 Å². The van der Waals surface area contributed by atoms with Crippen molar-refractivity contribution in [3.63, 3.8) is 0 Å². The number of carbonyl (C=O) groups is 2. The molecule has 0 aliphatic rings. The van der Waals surface area contributed by atoms with Gasteiger partial charge in [-0.1, -0.05) is 0 Å². The second-order valence-corrected chi connectivity index (χ2v) is 3.67. The lowest BCUT2D eigenvalue weighted by molar-refractivity contribution is -0.168. The predicted octanol–water partition coefficient (Wildman–Crippen LogP) is -3.03. The van der Waals surface area contributed by atoms with E-state index in [9.17, 15) is 24.9 Å². The molecule has 0 aromatic rings. The van der Waals surface area contributed by atoms with Crippen LogP contribution in [0.15, 0.2) is 0 Å². The SMILES string of the molecule is CC(=O)C[C@](O)(C=O)[C@@H](O)[C@@H](O)[C@H](O)CO. The van der Waals surface area contributed by atoms with Crippen LogP contribution in [-0.4, -0.2) is 68.1 Å². The van der Waals surface area contributed by atoms with Gasteiger partial charge in [-0.25, -0.2) is 0 Å². The van der Waals surface area contributed by atoms with E-state index in [1.165, 1.54) is 0 Å². The fourth-order valence-corrected chi connectivity index (χ4v) is 1.23. The number of carbonyl (C=O) groups excluding carboxylic acids is 2. The Bertz CT molecular complexity index is 254. The van der Waals surface area contributed by atoms with Gasteiger partial charge < -0.3 is 30.3 Å². The van der Waals surface area contributed by atoms with Crippen LogP contribution in [0.1, 0.15) is 13.3 Å². The molecule has 5 N–H and O–H groups in total. The first-order valence-corrected chi connectivity index (χ1v) is 4.61. The van der Waals surface area contributed by atoms with Gasteiger partial charge in [0.05, 0.1) is 6.61 Å². The maximum Gasteiger partial charge on any atom is 0.155 e. The molecule has 7 nitrogen and oxygen atoms in total. The number of ketones is 1. The number of Topliss-reactive ketones (excluding diaryl/α,β-unsaturated/α-hetero) is 1. The van der Waals surface area contributed by atoms with E-state index in [2.05, 4.69) is 0 Å². The van der Waals surface area contributed by atoms with Crippen LogP contribution >= 0.6 is 0 Å². The zero-order valence-corrected chi connectivity index (χ0v) is 8.78. The summed E-state index contributed by atoms with van der Waals surface area (Å²) in [6.07, 6.45) is -6.47. The average molecular weight is 236 g/mol. The summed E-state index contributed by atoms with van der Waals surface area (Å²) >= 11 is 0. The molecule has 0 rings (SSSR count). The topological polar surface area (TPSA) is 135 Å². The van der Waals surface area contributed by atoms with E-state index in [0.717, 1.165) is 6.92 Å². The monoisotopic (exact) mass is 236 g/mol. The molecule has 7 heteroatoms. The molecule has 0 heterocycles. The van der Waals surface area contributed by atoms with Crippen molar-refractivity contribution in [1.82, 2.24) is 0 Å². The zero-order valence-electron chi connectivity index (χ0n) is 8.78. The summed E-state index contributed by atoms with van der Waals surface area (Å²) in [4.78, 5) is 21.4. The molecule has 0 bridgehead atoms. The van der Waals surface area contributed by atoms with Gasteiger partial charge >= 0.3 is 0 Å². The van der Waals surface area contributed by atoms with Gasteiger partial charge in [0.25, 0.3) is 0 Å². The summed E-state index contributed by atoms with van der Waals surface area (Å²) in [5.74, 6) is -0.570. The van der Waals surface area contributed by atoms with Crippen LogP contribution in [0.3, 0.4) is 0 Å². The van der Waals surface area contributed by atoms with Crippen molar-refractivity contribution < 1.29 is 35.1 Å². The Hall–Kier alpha value is -0.860. The van der Waals surface area contributed by atoms with Gasteiger partial charge in [-0.05, 0) is 6.92 Å². The Morgan fingerprint density at radius 1 is 1.38 bits per heavy atom. The van der Waals surface area contributed by atoms with Gasteiger partial charge in [-0.2, -0.15) is 0 Å². The lowest BCUT2D eigenvalue weighted by Crippen LogP contribution is -2.55. The smallest absolute Gasteiger partial charge is 0.155 e. The molecule has 0 unspecified atom stereocenters. The largest absolute Gasteiger partial charge is 0.394 e. The van der Waals surface area contributed by atoms with Crippen molar-refractivity contribution in [2.45, 2.75) is 37.3 Å². The Balaban J connectivity index is 4.81. The Morgan fingerprint density at radius 2 is 1.88 bits per heavy atom. The molecule has 0 aliphatic carbocycles. The second kappa shape index (κ2) is 6.02. The first kappa shape index (κ1) is 15.1. The highest BCUT2D eigenvalue weighted by Gasteiger charge is 2.43. The normalized spacial score (nSPS) is 20.6. The Morgan fingerprint density at radius 3 is 2.19 bits per heavy atom. The van der Waals surface area contributed by atoms with Crippen LogP contribution in [0.4, 0.5) is 0 Å². The van der Waals surface area contributed by atoms with Gasteiger partial charge in [0, 0.05) is 6.42 Å². The molecule has 0 saturated carbocycles. The van der Waals surface area contributed by atoms with Crippen molar-refractivity contribution in [3.05, 3.63) is 0 Å². The van der Waals surface area contributed by atoms with Crippen LogP contribution < -0.4 is 0 Å². The van der Waals surface area contributed by atoms with Crippen LogP contribution in [0.25, 0.3) is 0 Å². The highest BCUT2D eigenvalue weighted by atomic mass is 16.4. The maximum absolute atomic E-state index is 10.8. The van der Waals surface area contributed by atoms with Crippen molar-refractivity contribution in [3.8, 4) is 0 Å². The standard InChI is InChI=1S/C9H16O7/c1-5(12)2-9(16,4-11)8(15)7(14)6(13)3-10/h4,6-8,10,13-16H,2-3H2,1H3/t6-,7+,8+,9+/m1/s1. The third kappa shape index (κ3) is 3.62. The van der Waals surface area contributed by atoms with E-state index >= 15 is 0 Å². The molecule has 94 valence electrons. The number of hydrogen-bond acceptors (Lipinski definition) is 7. The quantitative estimate of drug-likeness (QED) is 0.297. The van der Waals surface area contributed by atoms with Crippen molar-refractivity contribution in [1.29, 1.82) is 0 Å². The fourth-order valence-electron chi connectivity index (χ4n) is 1.23. The molecular weight excluding hydrogens is 220 g/mol. The number of rotatable bonds is 7. The molecular formula is C9H16O7. The van der Waals surface area contributed by atoms with Crippen molar-refractivity contribution >= 4 is 12.1 Å². The highest BCUT2D eigenvalue weighted by molar-refractivity contribution is 5.82. The number of hydrogen-bond donors (Lipinski definition) is 5. The molecule has 0 radical (unpaired) electrons. The summed E-state index contributed by atoms with van der Waals surface area (Å²) in [6.45, 7) is 0.239. The summed E-state index contributed by atoms with van der Waals surface area (Å²) < 4.78 is 0. The summed E-state index contributed by atoms with van der Waals surface area (Å²) in [6, 6.07) is 0. The fraction of sp³-hybridized carbons (Fsp3) is 0.778. The highest BCUT2D eigenvalue weighted by Crippen LogP contribution is 2.18. The summed E-state index contributed by atoms with van der Waals surface area (Å²) in [5.41, 5.74) is -2.47. The maximum atomic E-state index is 10.8. The Kier molecular flexibility index (Phi) is 5.70. The summed E-state index contributed by atoms with van der Waals surface area (Å²) in [5, 5.41) is 45.8. The lowest BCUT2D eigenvalue weighted by Gasteiger charge is -2.31. The minimum Gasteiger partial charge on any atom is -0.394 e. The first-order valence-electron chi connectivity index (χ1n) is 4.61. The van der Waals surface area contributed by atoms with E-state index in [0.29, 0.717) is 0 Å². The van der Waals surface area contributed by atoms with E-state index in [1.54, 1.807) is 0 Å². The lowest BCUT2D eigenvalue weighted by atomic mass is 9.87. The minimum atomic E-state index is -2.47. The van der Waals surface area contributed by atoms with Gasteiger partial charge in [0.2, 0.25) is 0 Å². The van der Waals surface area contributed by atoms with Crippen LogP contribution in [-0.2, 0) is 9.59 Å². The van der Waals surface area contributed by atoms with Crippen molar-refractivity contribution in [2.75, 3.05) is 6.61 Å². The molecule has 4 atom stereocenters. The zero-order chi connectivity index (χ0) is 12.9. The molecule has 0 aliphatic heterocycles. The van der Waals surface area contributed by atoms with E-state index in [1.807, 2.05) is 0 Å². The molecule has 0 aromatic heterocycles. The molecule has 0 saturated heterocycles. The Labute approximate surface area is 92.0 Å². The van der Waals surface area contributed by atoms with Gasteiger partial charge in [0.1, 0.15) is 24.1 Å². The molecule has 0 amide bonds. The number of aliphatic hydroxyl groups is 5. The van der Waals surface area contributed by atoms with Gasteiger partial charge in [-0.15, -0.1) is 0 Å². The predicted molar refractivity (Wildman–Crippen MR) is 51.4 cm³/mol. The van der Waals surface area contributed by atoms with Crippen molar-refractivity contribution in [2.24, 2.45) is 0 Å². The minimum absolute atomic E-state index is 0.0770. The third-order valence-corrected chi connectivity index (χ3v) is 2.15. The number of aliphatic hydroxyl groups excluding tert-OH is 4. The number of aldehydes is 1. The molecule has 16 heavy (non-hydrogen) atoms. The van der Waals surface area contributed by atoms with Crippen LogP contribution in [0.5, 0.6) is 0 Å². The van der Waals surface area contributed by atoms with E-state index in [-0.39, 0.29) is 6.29 Å². The molecule has 0 fully saturated rings. The molecule has 0 aromatic carbocycles. The van der Waals surface area contributed by atoms with Gasteiger partial charge in [-0.3, -0.25) is 4.79 Å². The second-order valence-electron chi connectivity index (χ2n) is 3.67. The average Bonchev–Trinajstić information content (AvgIpc) is 2.24. The summed E-state index contributed by atoms with van der Waals surface area (Å²) in [7, 11) is 0. The van der Waals surface area contributed by atoms with E-state index in [4.69, 9.17) is 10.2 Å². The van der Waals surface area contributed by atoms with E-state index < -0.39 is 42.7 Å². The molecule has 0 spiro atoms. The van der Waals surface area contributed by atoms with Gasteiger partial charge in [0.15, 0.2) is 11.9 Å². The third-order valence-electron chi connectivity index (χ3n) is 2.15. The van der Waals surface area contributed by atoms with Crippen LogP contribution in [0.2, 0.25) is 0 Å².